The zero-order chi connectivity index (χ0) is 45.7. The first-order valence-corrected chi connectivity index (χ1v) is 23.5. The zero-order valence-electron chi connectivity index (χ0n) is 37.6. The average Bonchev–Trinajstić information content (AvgIpc) is 4.01. The van der Waals surface area contributed by atoms with E-state index in [2.05, 4.69) is 254 Å². The topological polar surface area (TPSA) is 29.5 Å². The molecule has 11 aromatic carbocycles. The lowest BCUT2D eigenvalue weighted by Gasteiger charge is -2.26. The average molecular weight is 882 g/mol. The van der Waals surface area contributed by atoms with E-state index in [0.717, 1.165) is 99.9 Å². The maximum atomic E-state index is 7.27. The summed E-state index contributed by atoms with van der Waals surface area (Å²) in [6.07, 6.45) is 0. The predicted octanol–water partition coefficient (Wildman–Crippen LogP) is 19.0. The van der Waals surface area contributed by atoms with Crippen molar-refractivity contribution in [3.63, 3.8) is 0 Å². The number of furan rings is 2. The van der Waals surface area contributed by atoms with Gasteiger partial charge in [0.1, 0.15) is 16.7 Å². The summed E-state index contributed by atoms with van der Waals surface area (Å²) in [6.45, 7) is 0. The van der Waals surface area contributed by atoms with Crippen molar-refractivity contribution < 1.29 is 8.83 Å². The highest BCUT2D eigenvalue weighted by Gasteiger charge is 2.24. The third kappa shape index (κ3) is 7.08. The molecule has 0 spiro atoms. The maximum absolute atomic E-state index is 7.27. The molecule has 0 amide bonds. The minimum Gasteiger partial charge on any atom is -0.456 e. The molecule has 0 N–H and O–H groups in total. The van der Waals surface area contributed by atoms with Gasteiger partial charge in [-0.1, -0.05) is 212 Å². The molecule has 0 saturated carbocycles. The van der Waals surface area contributed by atoms with Gasteiger partial charge in [0.25, 0.3) is 0 Å². The van der Waals surface area contributed by atoms with Gasteiger partial charge in [0.2, 0.25) is 0 Å². The molecule has 69 heavy (non-hydrogen) atoms. The fourth-order valence-electron chi connectivity index (χ4n) is 10.3. The summed E-state index contributed by atoms with van der Waals surface area (Å²) in [6, 6.07) is 92.9. The lowest BCUT2D eigenvalue weighted by Crippen LogP contribution is -2.10. The van der Waals surface area contributed by atoms with Gasteiger partial charge >= 0.3 is 0 Å². The quantitative estimate of drug-likeness (QED) is 0.145. The molecule has 0 bridgehead atoms. The number of anilines is 3. The van der Waals surface area contributed by atoms with Gasteiger partial charge in [0.15, 0.2) is 5.58 Å². The first-order valence-electron chi connectivity index (χ1n) is 23.5. The third-order valence-corrected chi connectivity index (χ3v) is 13.5. The van der Waals surface area contributed by atoms with Gasteiger partial charge in [-0.2, -0.15) is 0 Å². The molecular formula is C66H43NO2. The Morgan fingerprint density at radius 2 is 0.710 bits per heavy atom. The summed E-state index contributed by atoms with van der Waals surface area (Å²) in [5.74, 6) is 0. The van der Waals surface area contributed by atoms with Crippen LogP contribution in [0.4, 0.5) is 17.1 Å². The van der Waals surface area contributed by atoms with Crippen LogP contribution in [0.15, 0.2) is 270 Å². The summed E-state index contributed by atoms with van der Waals surface area (Å²) in [5, 5.41) is 4.40. The summed E-state index contributed by atoms with van der Waals surface area (Å²) in [5.41, 5.74) is 20.1. The molecule has 0 unspecified atom stereocenters. The van der Waals surface area contributed by atoms with Gasteiger partial charge in [0.05, 0.1) is 5.69 Å². The number of para-hydroxylation sites is 2. The van der Waals surface area contributed by atoms with Gasteiger partial charge in [-0.15, -0.1) is 0 Å². The molecule has 0 fully saturated rings. The van der Waals surface area contributed by atoms with Crippen molar-refractivity contribution in [1.82, 2.24) is 0 Å². The van der Waals surface area contributed by atoms with Gasteiger partial charge < -0.3 is 13.7 Å². The Hall–Kier alpha value is -9.18. The fourth-order valence-corrected chi connectivity index (χ4v) is 10.3. The smallest absolute Gasteiger partial charge is 0.160 e. The van der Waals surface area contributed by atoms with Crippen LogP contribution in [-0.2, 0) is 0 Å². The number of nitrogens with zero attached hydrogens (tertiary/aromatic N) is 1. The van der Waals surface area contributed by atoms with Crippen molar-refractivity contribution in [3.8, 4) is 66.8 Å². The molecule has 13 aromatic rings. The highest BCUT2D eigenvalue weighted by atomic mass is 16.3. The maximum Gasteiger partial charge on any atom is 0.160 e. The summed E-state index contributed by atoms with van der Waals surface area (Å²) in [7, 11) is 0. The van der Waals surface area contributed by atoms with Crippen LogP contribution in [0.3, 0.4) is 0 Å². The summed E-state index contributed by atoms with van der Waals surface area (Å²) in [4.78, 5) is 2.34. The Bertz CT molecular complexity index is 3980. The van der Waals surface area contributed by atoms with Crippen LogP contribution < -0.4 is 4.90 Å². The Balaban J connectivity index is 0.983. The van der Waals surface area contributed by atoms with Gasteiger partial charge in [-0.3, -0.25) is 0 Å². The predicted molar refractivity (Wildman–Crippen MR) is 288 cm³/mol. The van der Waals surface area contributed by atoms with Gasteiger partial charge in [-0.05, 0) is 110 Å². The number of hydrogen-bond donors (Lipinski definition) is 0. The minimum absolute atomic E-state index is 0.820. The zero-order valence-corrected chi connectivity index (χ0v) is 37.6. The minimum atomic E-state index is 0.820. The van der Waals surface area contributed by atoms with E-state index < -0.39 is 0 Å². The van der Waals surface area contributed by atoms with E-state index in [1.807, 2.05) is 12.1 Å². The van der Waals surface area contributed by atoms with Crippen LogP contribution in [0.25, 0.3) is 111 Å². The molecule has 0 atom stereocenters. The van der Waals surface area contributed by atoms with E-state index in [9.17, 15) is 0 Å². The van der Waals surface area contributed by atoms with E-state index in [4.69, 9.17) is 8.83 Å². The molecule has 0 aliphatic heterocycles. The van der Waals surface area contributed by atoms with E-state index in [1.165, 1.54) is 27.8 Å². The second kappa shape index (κ2) is 16.9. The van der Waals surface area contributed by atoms with Crippen LogP contribution in [0, 0.1) is 0 Å². The van der Waals surface area contributed by atoms with Crippen LogP contribution in [0.1, 0.15) is 0 Å². The van der Waals surface area contributed by atoms with Crippen LogP contribution in [-0.4, -0.2) is 0 Å². The second-order valence-electron chi connectivity index (χ2n) is 17.5. The lowest BCUT2D eigenvalue weighted by molar-refractivity contribution is 0.669. The molecule has 2 aromatic heterocycles. The Morgan fingerprint density at radius 3 is 1.35 bits per heavy atom. The molecule has 0 radical (unpaired) electrons. The molecular weight excluding hydrogens is 839 g/mol. The van der Waals surface area contributed by atoms with Crippen molar-refractivity contribution in [2.24, 2.45) is 0 Å². The first kappa shape index (κ1) is 40.1. The number of hydrogen-bond acceptors (Lipinski definition) is 3. The van der Waals surface area contributed by atoms with E-state index in [1.54, 1.807) is 0 Å². The van der Waals surface area contributed by atoms with Crippen LogP contribution in [0.5, 0.6) is 0 Å². The number of benzene rings is 11. The highest BCUT2D eigenvalue weighted by molar-refractivity contribution is 6.19. The molecule has 0 saturated heterocycles. The van der Waals surface area contributed by atoms with Crippen molar-refractivity contribution in [2.75, 3.05) is 4.90 Å². The summed E-state index contributed by atoms with van der Waals surface area (Å²) < 4.78 is 13.6. The normalized spacial score (nSPS) is 11.5. The Morgan fingerprint density at radius 1 is 0.246 bits per heavy atom. The van der Waals surface area contributed by atoms with Crippen LogP contribution >= 0.6 is 0 Å². The molecule has 3 nitrogen and oxygen atoms in total. The largest absolute Gasteiger partial charge is 0.456 e. The Kier molecular flexibility index (Phi) is 9.84. The van der Waals surface area contributed by atoms with Crippen LogP contribution in [0.2, 0.25) is 0 Å². The van der Waals surface area contributed by atoms with E-state index in [-0.39, 0.29) is 0 Å². The monoisotopic (exact) mass is 881 g/mol. The van der Waals surface area contributed by atoms with Crippen molar-refractivity contribution in [1.29, 1.82) is 0 Å². The summed E-state index contributed by atoms with van der Waals surface area (Å²) >= 11 is 0. The molecule has 3 heteroatoms. The van der Waals surface area contributed by atoms with E-state index >= 15 is 0 Å². The van der Waals surface area contributed by atoms with Crippen molar-refractivity contribution >= 4 is 60.9 Å². The SMILES string of the molecule is c1ccc(-c2ccccc2-c2ccccc2-c2ccc(N(c3ccc(-c4ccc5c(c4)oc4ccccc45)cc3)c3ccc(-c4ccccc4)c4c3oc3c(-c5ccccc5)cccc34)cc2)cc1. The molecule has 13 rings (SSSR count). The second-order valence-corrected chi connectivity index (χ2v) is 17.5. The van der Waals surface area contributed by atoms with E-state index in [0.29, 0.717) is 0 Å². The lowest BCUT2D eigenvalue weighted by atomic mass is 9.89. The van der Waals surface area contributed by atoms with Gasteiger partial charge in [-0.25, -0.2) is 0 Å². The molecule has 0 aliphatic rings. The molecule has 2 heterocycles. The number of fused-ring (bicyclic) bond motifs is 6. The Labute approximate surface area is 400 Å². The standard InChI is InChI=1S/C66H43NO2/c1-4-17-45(18-5-1)52-23-10-12-25-56(52)57-26-13-11-24-53(57)48-33-38-51(39-34-48)67(50-36-31-44(32-37-50)49-35-40-59-58-27-14-15-30-62(58)68-63(59)43-49)61-42-41-54(46-19-6-2-7-20-46)64-60-29-16-28-55(65(60)69-66(61)64)47-21-8-3-9-22-47/h1-43H. The van der Waals surface area contributed by atoms with Gasteiger partial charge in [0, 0.05) is 38.5 Å². The van der Waals surface area contributed by atoms with Crippen molar-refractivity contribution in [3.05, 3.63) is 261 Å². The fraction of sp³-hybridized carbons (Fsp3) is 0. The molecule has 324 valence electrons. The van der Waals surface area contributed by atoms with Crippen molar-refractivity contribution in [2.45, 2.75) is 0 Å². The third-order valence-electron chi connectivity index (χ3n) is 13.5. The first-order chi connectivity index (χ1) is 34.2. The molecule has 0 aliphatic carbocycles. The highest BCUT2D eigenvalue weighted by Crippen LogP contribution is 2.48. The number of rotatable bonds is 9.